The van der Waals surface area contributed by atoms with Crippen molar-refractivity contribution >= 4 is 33.2 Å². The molecule has 2 atom stereocenters. The highest BCUT2D eigenvalue weighted by molar-refractivity contribution is 6.09. The summed E-state index contributed by atoms with van der Waals surface area (Å²) < 4.78 is 2.28. The fourth-order valence-corrected chi connectivity index (χ4v) is 7.99. The monoisotopic (exact) mass is 626 g/mol. The minimum Gasteiger partial charge on any atom is -0.332 e. The number of nitrogens with zero attached hydrogens (tertiary/aromatic N) is 4. The molecule has 4 heteroatoms. The van der Waals surface area contributed by atoms with Gasteiger partial charge >= 0.3 is 0 Å². The van der Waals surface area contributed by atoms with Crippen molar-refractivity contribution in [1.82, 2.24) is 4.57 Å². The van der Waals surface area contributed by atoms with Gasteiger partial charge in [-0.3, -0.25) is 0 Å². The maximum absolute atomic E-state index is 10.9. The molecule has 2 aliphatic rings. The van der Waals surface area contributed by atoms with Crippen LogP contribution in [0.3, 0.4) is 0 Å². The molecule has 1 aromatic heterocycles. The van der Waals surface area contributed by atoms with E-state index in [1.807, 2.05) is 42.5 Å². The van der Waals surface area contributed by atoms with Gasteiger partial charge in [-0.1, -0.05) is 103 Å². The van der Waals surface area contributed by atoms with Gasteiger partial charge in [-0.2, -0.15) is 10.5 Å². The predicted octanol–water partition coefficient (Wildman–Crippen LogP) is 10.8. The van der Waals surface area contributed by atoms with E-state index < -0.39 is 0 Å². The lowest BCUT2D eigenvalue weighted by atomic mass is 9.76. The quantitative estimate of drug-likeness (QED) is 0.195. The third kappa shape index (κ3) is 4.28. The second-order valence-electron chi connectivity index (χ2n) is 13.0. The molecule has 6 aromatic carbocycles. The predicted molar refractivity (Wildman–Crippen MR) is 199 cm³/mol. The summed E-state index contributed by atoms with van der Waals surface area (Å²) in [6.07, 6.45) is 8.80. The second-order valence-corrected chi connectivity index (χ2v) is 13.0. The zero-order chi connectivity index (χ0) is 33.1. The highest BCUT2D eigenvalue weighted by atomic mass is 15.2. The van der Waals surface area contributed by atoms with Gasteiger partial charge in [0.15, 0.2) is 0 Å². The van der Waals surface area contributed by atoms with Gasteiger partial charge in [0.05, 0.1) is 40.0 Å². The summed E-state index contributed by atoms with van der Waals surface area (Å²) in [6, 6.07) is 51.0. The van der Waals surface area contributed by atoms with Crippen LogP contribution in [0.4, 0.5) is 11.4 Å². The summed E-state index contributed by atoms with van der Waals surface area (Å²) in [6.45, 7) is 2.29. The molecule has 0 radical (unpaired) electrons. The number of nitriles is 2. The molecule has 0 amide bonds. The summed E-state index contributed by atoms with van der Waals surface area (Å²) >= 11 is 0. The van der Waals surface area contributed by atoms with Gasteiger partial charge in [-0.05, 0) is 83.8 Å². The van der Waals surface area contributed by atoms with E-state index in [1.54, 1.807) is 0 Å². The highest BCUT2D eigenvalue weighted by Crippen LogP contribution is 2.53. The van der Waals surface area contributed by atoms with Crippen molar-refractivity contribution in [2.24, 2.45) is 0 Å². The van der Waals surface area contributed by atoms with E-state index in [-0.39, 0.29) is 11.5 Å². The van der Waals surface area contributed by atoms with Crippen LogP contribution < -0.4 is 4.90 Å². The lowest BCUT2D eigenvalue weighted by Crippen LogP contribution is -2.39. The van der Waals surface area contributed by atoms with Gasteiger partial charge in [0, 0.05) is 33.1 Å². The van der Waals surface area contributed by atoms with Gasteiger partial charge in [0.1, 0.15) is 6.07 Å². The van der Waals surface area contributed by atoms with E-state index in [0.29, 0.717) is 11.1 Å². The molecule has 2 heterocycles. The number of hydrogen-bond donors (Lipinski definition) is 0. The van der Waals surface area contributed by atoms with Gasteiger partial charge in [-0.15, -0.1) is 0 Å². The zero-order valence-electron chi connectivity index (χ0n) is 26.9. The summed E-state index contributed by atoms with van der Waals surface area (Å²) in [5.41, 5.74) is 11.5. The van der Waals surface area contributed by atoms with Gasteiger partial charge in [0.25, 0.3) is 0 Å². The van der Waals surface area contributed by atoms with Gasteiger partial charge < -0.3 is 9.47 Å². The Labute approximate surface area is 285 Å². The maximum atomic E-state index is 10.9. The van der Waals surface area contributed by atoms with Gasteiger partial charge in [-0.25, -0.2) is 0 Å². The van der Waals surface area contributed by atoms with Crippen LogP contribution in [0.2, 0.25) is 0 Å². The van der Waals surface area contributed by atoms with Crippen molar-refractivity contribution in [1.29, 1.82) is 10.5 Å². The number of anilines is 2. The first-order chi connectivity index (χ1) is 24.1. The van der Waals surface area contributed by atoms with Crippen LogP contribution in [0.15, 0.2) is 158 Å². The molecule has 49 heavy (non-hydrogen) atoms. The van der Waals surface area contributed by atoms with E-state index >= 15 is 0 Å². The van der Waals surface area contributed by atoms with E-state index in [4.69, 9.17) is 0 Å². The Morgan fingerprint density at radius 3 is 2.24 bits per heavy atom. The van der Waals surface area contributed by atoms with Crippen LogP contribution in [0, 0.1) is 22.7 Å². The van der Waals surface area contributed by atoms with Crippen molar-refractivity contribution in [2.45, 2.75) is 18.4 Å². The number of allylic oxidation sites excluding steroid dienone is 2. The van der Waals surface area contributed by atoms with Crippen molar-refractivity contribution in [3.63, 3.8) is 0 Å². The minimum absolute atomic E-state index is 0.0168. The largest absolute Gasteiger partial charge is 0.332 e. The zero-order valence-corrected chi connectivity index (χ0v) is 26.9. The van der Waals surface area contributed by atoms with E-state index in [0.717, 1.165) is 61.1 Å². The molecule has 7 aromatic rings. The van der Waals surface area contributed by atoms with Crippen LogP contribution in [-0.4, -0.2) is 10.6 Å². The highest BCUT2D eigenvalue weighted by Gasteiger charge is 2.47. The molecule has 0 fully saturated rings. The molecular weight excluding hydrogens is 597 g/mol. The molecular formula is C45H30N4. The smallest absolute Gasteiger partial charge is 0.102 e. The summed E-state index contributed by atoms with van der Waals surface area (Å²) in [7, 11) is 0. The van der Waals surface area contributed by atoms with Crippen molar-refractivity contribution in [2.75, 3.05) is 4.90 Å². The molecule has 0 bridgehead atoms. The van der Waals surface area contributed by atoms with E-state index in [9.17, 15) is 10.5 Å². The summed E-state index contributed by atoms with van der Waals surface area (Å²) in [5.74, 6) is 0. The molecule has 0 saturated carbocycles. The topological polar surface area (TPSA) is 55.8 Å². The van der Waals surface area contributed by atoms with E-state index in [1.165, 1.54) is 5.56 Å². The summed E-state index contributed by atoms with van der Waals surface area (Å²) in [4.78, 5) is 2.37. The first-order valence-corrected chi connectivity index (χ1v) is 16.5. The van der Waals surface area contributed by atoms with Crippen molar-refractivity contribution in [3.8, 4) is 40.1 Å². The maximum Gasteiger partial charge on any atom is 0.102 e. The molecule has 0 saturated heterocycles. The average molecular weight is 627 g/mol. The number of hydrogen-bond acceptors (Lipinski definition) is 3. The third-order valence-corrected chi connectivity index (χ3v) is 10.3. The Balaban J connectivity index is 1.29. The number of fused-ring (bicyclic) bond motifs is 6. The molecule has 4 nitrogen and oxygen atoms in total. The average Bonchev–Trinajstić information content (AvgIpc) is 3.63. The van der Waals surface area contributed by atoms with Gasteiger partial charge in [0.2, 0.25) is 0 Å². The number of benzene rings is 6. The number of rotatable bonds is 4. The third-order valence-electron chi connectivity index (χ3n) is 10.3. The van der Waals surface area contributed by atoms with Crippen LogP contribution >= 0.6 is 0 Å². The molecule has 0 N–H and O–H groups in total. The molecule has 1 aliphatic heterocycles. The van der Waals surface area contributed by atoms with Crippen LogP contribution in [0.25, 0.3) is 49.7 Å². The van der Waals surface area contributed by atoms with Crippen LogP contribution in [-0.2, 0) is 5.41 Å². The van der Waals surface area contributed by atoms with Crippen LogP contribution in [0.1, 0.15) is 23.6 Å². The second kappa shape index (κ2) is 11.0. The molecule has 230 valence electrons. The van der Waals surface area contributed by atoms with Crippen molar-refractivity contribution in [3.05, 3.63) is 174 Å². The first-order valence-electron chi connectivity index (χ1n) is 16.5. The minimum atomic E-state index is -0.233. The Hall–Kier alpha value is -6.62. The number of para-hydroxylation sites is 2. The Kier molecular flexibility index (Phi) is 6.41. The fraction of sp³-hybridized carbons (Fsp3) is 0.0667. The van der Waals surface area contributed by atoms with Crippen LogP contribution in [0.5, 0.6) is 0 Å². The molecule has 1 aliphatic carbocycles. The molecule has 2 unspecified atom stereocenters. The summed E-state index contributed by atoms with van der Waals surface area (Å²) in [5, 5.41) is 22.7. The number of aromatic nitrogens is 1. The first kappa shape index (κ1) is 28.6. The standard InChI is InChI=1S/C45H30N4/c1-45-23-10-9-20-44(45)49(42-19-8-6-17-39(42)45)43-27-33(26-36(38(43)29-47)31-12-3-2-4-13-31)32-14-11-15-34(25-32)48-40-18-7-5-16-35(40)37-24-30(28-46)21-22-41(37)48/h2-27,44H,1H3. The molecule has 9 rings (SSSR count). The lowest BCUT2D eigenvalue weighted by molar-refractivity contribution is 0.550. The van der Waals surface area contributed by atoms with Crippen molar-refractivity contribution < 1.29 is 0 Å². The Morgan fingerprint density at radius 1 is 0.612 bits per heavy atom. The fourth-order valence-electron chi connectivity index (χ4n) is 7.99. The molecule has 0 spiro atoms. The SMILES string of the molecule is CC12C=CC=CC1N(c1cc(-c3cccc(-n4c5ccccc5c5cc(C#N)ccc54)c3)cc(-c3ccccc3)c1C#N)c1ccccc12. The lowest BCUT2D eigenvalue weighted by Gasteiger charge is -2.35. The Morgan fingerprint density at radius 2 is 1.39 bits per heavy atom. The normalized spacial score (nSPS) is 17.5. The van der Waals surface area contributed by atoms with E-state index in [2.05, 4.69) is 144 Å². The Bertz CT molecular complexity index is 2610.